The second kappa shape index (κ2) is 8.68. The summed E-state index contributed by atoms with van der Waals surface area (Å²) in [4.78, 5) is 16.3. The van der Waals surface area contributed by atoms with Crippen LogP contribution in [0, 0.1) is 11.6 Å². The summed E-state index contributed by atoms with van der Waals surface area (Å²) in [5.41, 5.74) is 2.27. The van der Waals surface area contributed by atoms with E-state index in [2.05, 4.69) is 4.98 Å². The van der Waals surface area contributed by atoms with Crippen molar-refractivity contribution in [1.82, 2.24) is 15.4 Å². The number of rotatable bonds is 5. The molecule has 5 nitrogen and oxygen atoms in total. The van der Waals surface area contributed by atoms with Crippen molar-refractivity contribution in [3.63, 3.8) is 0 Å². The third-order valence-corrected chi connectivity index (χ3v) is 5.99. The first kappa shape index (κ1) is 23.1. The van der Waals surface area contributed by atoms with E-state index < -0.39 is 29.3 Å². The van der Waals surface area contributed by atoms with E-state index in [1.54, 1.807) is 4.90 Å². The molecule has 1 amide bonds. The Kier molecular flexibility index (Phi) is 6.07. The summed E-state index contributed by atoms with van der Waals surface area (Å²) in [7, 11) is 0. The molecule has 1 aliphatic rings. The lowest BCUT2D eigenvalue weighted by Gasteiger charge is -2.43. The van der Waals surface area contributed by atoms with Gasteiger partial charge in [-0.1, -0.05) is 18.2 Å². The Morgan fingerprint density at radius 3 is 2.58 bits per heavy atom. The third-order valence-electron chi connectivity index (χ3n) is 5.99. The number of carbonyl (C=O) groups excluding carboxylic acids is 1. The van der Waals surface area contributed by atoms with Crippen molar-refractivity contribution in [3.8, 4) is 0 Å². The molecular formula is C25H26F3N3O2. The first-order valence-electron chi connectivity index (χ1n) is 10.7. The van der Waals surface area contributed by atoms with Gasteiger partial charge in [-0.05, 0) is 62.6 Å². The van der Waals surface area contributed by atoms with E-state index in [0.717, 1.165) is 34.7 Å². The molecule has 0 saturated carbocycles. The summed E-state index contributed by atoms with van der Waals surface area (Å²) in [6.45, 7) is 4.82. The molecule has 1 aromatic heterocycles. The largest absolute Gasteiger partial charge is 0.357 e. The smallest absolute Gasteiger partial charge is 0.267 e. The highest BCUT2D eigenvalue weighted by molar-refractivity contribution is 5.90. The summed E-state index contributed by atoms with van der Waals surface area (Å²) < 4.78 is 45.6. The molecule has 0 saturated heterocycles. The maximum atomic E-state index is 15.4. The number of carbonyl (C=O) groups is 1. The molecule has 4 rings (SSSR count). The van der Waals surface area contributed by atoms with Gasteiger partial charge in [0.05, 0.1) is 6.04 Å². The zero-order valence-corrected chi connectivity index (χ0v) is 18.6. The number of para-hydroxylation sites is 1. The second-order valence-electron chi connectivity index (χ2n) is 9.12. The number of aromatic amines is 1. The van der Waals surface area contributed by atoms with E-state index in [0.29, 0.717) is 12.1 Å². The van der Waals surface area contributed by atoms with Gasteiger partial charge in [0.25, 0.3) is 5.91 Å². The van der Waals surface area contributed by atoms with Gasteiger partial charge >= 0.3 is 0 Å². The fraction of sp³-hybridized carbons (Fsp3) is 0.320. The monoisotopic (exact) mass is 457 g/mol. The number of amides is 1. The van der Waals surface area contributed by atoms with Gasteiger partial charge in [-0.3, -0.25) is 14.9 Å². The van der Waals surface area contributed by atoms with Crippen LogP contribution < -0.4 is 5.48 Å². The molecule has 0 unspecified atom stereocenters. The van der Waals surface area contributed by atoms with E-state index in [-0.39, 0.29) is 23.7 Å². The summed E-state index contributed by atoms with van der Waals surface area (Å²) >= 11 is 0. The van der Waals surface area contributed by atoms with E-state index in [4.69, 9.17) is 5.21 Å². The molecule has 8 heteroatoms. The average Bonchev–Trinajstić information content (AvgIpc) is 3.10. The summed E-state index contributed by atoms with van der Waals surface area (Å²) in [6, 6.07) is 8.91. The lowest BCUT2D eigenvalue weighted by Crippen LogP contribution is -2.48. The Hall–Kier alpha value is -3.10. The minimum atomic E-state index is -1.58. The molecule has 2 heterocycles. The zero-order chi connectivity index (χ0) is 23.9. The highest BCUT2D eigenvalue weighted by Gasteiger charge is 2.40. The van der Waals surface area contributed by atoms with Gasteiger partial charge in [0.15, 0.2) is 0 Å². The van der Waals surface area contributed by atoms with Crippen LogP contribution in [0.3, 0.4) is 0 Å². The van der Waals surface area contributed by atoms with Crippen molar-refractivity contribution < 1.29 is 23.2 Å². The number of aromatic nitrogens is 1. The van der Waals surface area contributed by atoms with Crippen LogP contribution in [0.4, 0.5) is 13.2 Å². The van der Waals surface area contributed by atoms with Crippen LogP contribution in [0.2, 0.25) is 0 Å². The molecule has 174 valence electrons. The number of H-pyrrole nitrogens is 1. The van der Waals surface area contributed by atoms with Crippen LogP contribution in [-0.4, -0.2) is 39.3 Å². The van der Waals surface area contributed by atoms with Crippen molar-refractivity contribution in [3.05, 3.63) is 76.5 Å². The van der Waals surface area contributed by atoms with Crippen LogP contribution in [0.25, 0.3) is 17.0 Å². The van der Waals surface area contributed by atoms with Gasteiger partial charge in [0.2, 0.25) is 0 Å². The minimum absolute atomic E-state index is 0.00908. The first-order valence-corrected chi connectivity index (χ1v) is 10.7. The van der Waals surface area contributed by atoms with Crippen molar-refractivity contribution in [2.75, 3.05) is 6.54 Å². The molecule has 3 N–H and O–H groups in total. The maximum Gasteiger partial charge on any atom is 0.267 e. The number of hydrogen-bond acceptors (Lipinski definition) is 3. The zero-order valence-electron chi connectivity index (χ0n) is 18.6. The van der Waals surface area contributed by atoms with Gasteiger partial charge in [-0.25, -0.2) is 18.7 Å². The topological polar surface area (TPSA) is 68.4 Å². The highest BCUT2D eigenvalue weighted by Crippen LogP contribution is 2.43. The number of nitrogens with one attached hydrogen (secondary N) is 2. The van der Waals surface area contributed by atoms with Gasteiger partial charge in [-0.15, -0.1) is 0 Å². The Balaban J connectivity index is 1.89. The molecule has 33 heavy (non-hydrogen) atoms. The molecule has 0 radical (unpaired) electrons. The highest BCUT2D eigenvalue weighted by atomic mass is 19.1. The molecular weight excluding hydrogens is 431 g/mol. The number of benzene rings is 2. The number of halogens is 3. The number of hydroxylamine groups is 1. The quantitative estimate of drug-likeness (QED) is 0.285. The Morgan fingerprint density at radius 1 is 1.27 bits per heavy atom. The van der Waals surface area contributed by atoms with Crippen molar-refractivity contribution in [1.29, 1.82) is 0 Å². The molecule has 2 aromatic carbocycles. The van der Waals surface area contributed by atoms with Crippen molar-refractivity contribution in [2.45, 2.75) is 44.9 Å². The molecule has 0 spiro atoms. The van der Waals surface area contributed by atoms with Gasteiger partial charge < -0.3 is 4.98 Å². The number of fused-ring (bicyclic) bond motifs is 3. The van der Waals surface area contributed by atoms with Crippen LogP contribution in [-0.2, 0) is 11.2 Å². The number of alkyl halides is 1. The van der Waals surface area contributed by atoms with E-state index in [9.17, 15) is 9.18 Å². The molecule has 0 aliphatic carbocycles. The fourth-order valence-electron chi connectivity index (χ4n) is 4.67. The Bertz CT molecular complexity index is 1210. The predicted octanol–water partition coefficient (Wildman–Crippen LogP) is 5.05. The molecule has 2 atom stereocenters. The van der Waals surface area contributed by atoms with Crippen molar-refractivity contribution >= 4 is 22.9 Å². The van der Waals surface area contributed by atoms with Gasteiger partial charge in [0, 0.05) is 40.8 Å². The van der Waals surface area contributed by atoms with Crippen LogP contribution in [0.5, 0.6) is 0 Å². The fourth-order valence-corrected chi connectivity index (χ4v) is 4.67. The molecule has 1 aliphatic heterocycles. The number of hydrogen-bond donors (Lipinski definition) is 3. The van der Waals surface area contributed by atoms with Crippen LogP contribution in [0.15, 0.2) is 42.5 Å². The van der Waals surface area contributed by atoms with E-state index in [1.165, 1.54) is 25.4 Å². The van der Waals surface area contributed by atoms with Gasteiger partial charge in [-0.2, -0.15) is 0 Å². The van der Waals surface area contributed by atoms with E-state index >= 15 is 8.78 Å². The lowest BCUT2D eigenvalue weighted by atomic mass is 9.87. The van der Waals surface area contributed by atoms with Gasteiger partial charge in [0.1, 0.15) is 17.3 Å². The molecule has 0 fully saturated rings. The normalized spacial score (nSPS) is 19.2. The molecule has 3 aromatic rings. The summed E-state index contributed by atoms with van der Waals surface area (Å²) in [5, 5.41) is 9.58. The van der Waals surface area contributed by atoms with Crippen LogP contribution >= 0.6 is 0 Å². The third kappa shape index (κ3) is 4.54. The second-order valence-corrected chi connectivity index (χ2v) is 9.12. The maximum absolute atomic E-state index is 15.4. The minimum Gasteiger partial charge on any atom is -0.357 e. The Morgan fingerprint density at radius 2 is 1.94 bits per heavy atom. The standard InChI is InChI=1S/C25H26F3N3O2/c1-14-10-17-16-6-4-5-7-20(16)29-23(17)24(31(14)13-25(2,3)28)22-18(26)11-15(12-19(22)27)8-9-21(32)30-33/h4-9,11-12,14,24,29,33H,10,13H2,1-3H3,(H,30,32)/b9-8+/t14-,24-/m1/s1. The molecule has 0 bridgehead atoms. The predicted molar refractivity (Wildman–Crippen MR) is 121 cm³/mol. The van der Waals surface area contributed by atoms with E-state index in [1.807, 2.05) is 31.2 Å². The first-order chi connectivity index (χ1) is 15.6. The average molecular weight is 457 g/mol. The van der Waals surface area contributed by atoms with Crippen LogP contribution in [0.1, 0.15) is 49.2 Å². The lowest BCUT2D eigenvalue weighted by molar-refractivity contribution is -0.124. The number of nitrogens with zero attached hydrogens (tertiary/aromatic N) is 1. The summed E-state index contributed by atoms with van der Waals surface area (Å²) in [6.07, 6.45) is 2.78. The Labute approximate surface area is 189 Å². The SMILES string of the molecule is C[C@@H]1Cc2c([nH]c3ccccc23)[C@@H](c2c(F)cc(/C=C/C(=O)NO)cc2F)N1CC(C)(C)F. The van der Waals surface area contributed by atoms with Crippen molar-refractivity contribution in [2.24, 2.45) is 0 Å². The summed E-state index contributed by atoms with van der Waals surface area (Å²) in [5.74, 6) is -2.42.